The number of hydrogen-bond acceptors (Lipinski definition) is 5. The summed E-state index contributed by atoms with van der Waals surface area (Å²) in [5, 5.41) is 24.3. The first-order valence-electron chi connectivity index (χ1n) is 5.15. The van der Waals surface area contributed by atoms with E-state index < -0.39 is 5.97 Å². The van der Waals surface area contributed by atoms with Crippen LogP contribution in [-0.2, 0) is 17.9 Å². The molecule has 0 atom stereocenters. The second-order valence-electron chi connectivity index (χ2n) is 3.77. The molecule has 0 spiro atoms. The highest BCUT2D eigenvalue weighted by molar-refractivity contribution is 9.10. The van der Waals surface area contributed by atoms with Gasteiger partial charge in [-0.3, -0.25) is 9.48 Å². The highest BCUT2D eigenvalue weighted by atomic mass is 79.9. The maximum Gasteiger partial charge on any atom is 0.327 e. The molecule has 0 bridgehead atoms. The Morgan fingerprint density at radius 3 is 2.67 bits per heavy atom. The minimum atomic E-state index is -1.01. The summed E-state index contributed by atoms with van der Waals surface area (Å²) in [6.07, 6.45) is 0. The lowest BCUT2D eigenvalue weighted by atomic mass is 10.4. The van der Waals surface area contributed by atoms with Gasteiger partial charge in [0.2, 0.25) is 0 Å². The van der Waals surface area contributed by atoms with Crippen molar-refractivity contribution < 1.29 is 9.90 Å². The largest absolute Gasteiger partial charge is 0.480 e. The number of halogens is 1. The molecule has 2 rings (SSSR count). The predicted octanol–water partition coefficient (Wildman–Crippen LogP) is 0.382. The SMILES string of the molecule is Cc1nn(Cc2nnn(CC(=O)O)n2)c(C)c1Br. The first kappa shape index (κ1) is 12.7. The highest BCUT2D eigenvalue weighted by Crippen LogP contribution is 2.19. The van der Waals surface area contributed by atoms with Crippen molar-refractivity contribution in [3.8, 4) is 0 Å². The summed E-state index contributed by atoms with van der Waals surface area (Å²) in [5.41, 5.74) is 1.84. The second kappa shape index (κ2) is 4.84. The first-order valence-corrected chi connectivity index (χ1v) is 5.94. The molecule has 2 aromatic heterocycles. The fraction of sp³-hybridized carbons (Fsp3) is 0.444. The van der Waals surface area contributed by atoms with E-state index in [-0.39, 0.29) is 6.54 Å². The average molecular weight is 315 g/mol. The van der Waals surface area contributed by atoms with Gasteiger partial charge >= 0.3 is 5.97 Å². The zero-order valence-corrected chi connectivity index (χ0v) is 11.4. The molecule has 96 valence electrons. The fourth-order valence-corrected chi connectivity index (χ4v) is 1.77. The first-order chi connectivity index (χ1) is 8.47. The molecule has 0 aliphatic heterocycles. The third kappa shape index (κ3) is 2.55. The molecular weight excluding hydrogens is 304 g/mol. The van der Waals surface area contributed by atoms with E-state index in [1.165, 1.54) is 0 Å². The third-order valence-corrected chi connectivity index (χ3v) is 3.50. The molecule has 0 saturated heterocycles. The Morgan fingerprint density at radius 2 is 2.11 bits per heavy atom. The molecule has 1 N–H and O–H groups in total. The number of aliphatic carboxylic acids is 1. The zero-order chi connectivity index (χ0) is 13.3. The van der Waals surface area contributed by atoms with E-state index in [1.54, 1.807) is 4.68 Å². The van der Waals surface area contributed by atoms with E-state index in [0.29, 0.717) is 12.4 Å². The Hall–Kier alpha value is -1.77. The van der Waals surface area contributed by atoms with Gasteiger partial charge in [-0.1, -0.05) is 0 Å². The van der Waals surface area contributed by atoms with Crippen LogP contribution in [-0.4, -0.2) is 41.1 Å². The number of rotatable bonds is 4. The van der Waals surface area contributed by atoms with Gasteiger partial charge in [0.05, 0.1) is 15.9 Å². The van der Waals surface area contributed by atoms with E-state index in [9.17, 15) is 4.79 Å². The molecule has 2 aromatic rings. The molecular formula is C9H11BrN6O2. The van der Waals surface area contributed by atoms with Crippen molar-refractivity contribution in [2.75, 3.05) is 0 Å². The van der Waals surface area contributed by atoms with Crippen LogP contribution in [0.5, 0.6) is 0 Å². The molecule has 0 radical (unpaired) electrons. The lowest BCUT2D eigenvalue weighted by Gasteiger charge is -1.99. The highest BCUT2D eigenvalue weighted by Gasteiger charge is 2.12. The summed E-state index contributed by atoms with van der Waals surface area (Å²) in [6, 6.07) is 0. The molecule has 18 heavy (non-hydrogen) atoms. The van der Waals surface area contributed by atoms with Gasteiger partial charge in [0.25, 0.3) is 0 Å². The van der Waals surface area contributed by atoms with Crippen LogP contribution in [0.4, 0.5) is 0 Å². The Balaban J connectivity index is 2.16. The van der Waals surface area contributed by atoms with Gasteiger partial charge in [0.15, 0.2) is 12.4 Å². The lowest BCUT2D eigenvalue weighted by molar-refractivity contribution is -0.138. The van der Waals surface area contributed by atoms with Gasteiger partial charge in [-0.05, 0) is 35.0 Å². The molecule has 8 nitrogen and oxygen atoms in total. The van der Waals surface area contributed by atoms with Crippen LogP contribution in [0.15, 0.2) is 4.47 Å². The van der Waals surface area contributed by atoms with Crippen LogP contribution in [0.25, 0.3) is 0 Å². The molecule has 0 aliphatic carbocycles. The lowest BCUT2D eigenvalue weighted by Crippen LogP contribution is -2.12. The molecule has 9 heteroatoms. The van der Waals surface area contributed by atoms with Crippen molar-refractivity contribution >= 4 is 21.9 Å². The second-order valence-corrected chi connectivity index (χ2v) is 4.57. The molecule has 0 amide bonds. The molecule has 0 saturated carbocycles. The minimum absolute atomic E-state index is 0.298. The Morgan fingerprint density at radius 1 is 1.39 bits per heavy atom. The van der Waals surface area contributed by atoms with E-state index >= 15 is 0 Å². The quantitative estimate of drug-likeness (QED) is 0.876. The summed E-state index contributed by atoms with van der Waals surface area (Å²) >= 11 is 3.43. The number of nitrogens with zero attached hydrogens (tertiary/aromatic N) is 6. The minimum Gasteiger partial charge on any atom is -0.480 e. The normalized spacial score (nSPS) is 10.8. The topological polar surface area (TPSA) is 98.7 Å². The summed E-state index contributed by atoms with van der Waals surface area (Å²) in [6.45, 7) is 3.87. The summed E-state index contributed by atoms with van der Waals surface area (Å²) in [7, 11) is 0. The Labute approximate surface area is 111 Å². The maximum absolute atomic E-state index is 10.5. The van der Waals surface area contributed by atoms with Gasteiger partial charge in [-0.25, -0.2) is 0 Å². The zero-order valence-electron chi connectivity index (χ0n) is 9.83. The van der Waals surface area contributed by atoms with Gasteiger partial charge in [-0.2, -0.15) is 9.90 Å². The predicted molar refractivity (Wildman–Crippen MR) is 64.0 cm³/mol. The molecule has 0 aromatic carbocycles. The molecule has 0 fully saturated rings. The number of carbonyl (C=O) groups is 1. The third-order valence-electron chi connectivity index (χ3n) is 2.36. The van der Waals surface area contributed by atoms with Gasteiger partial charge < -0.3 is 5.11 Å². The van der Waals surface area contributed by atoms with Crippen LogP contribution < -0.4 is 0 Å². The van der Waals surface area contributed by atoms with Crippen molar-refractivity contribution in [1.29, 1.82) is 0 Å². The number of carboxylic acid groups (broad SMARTS) is 1. The Kier molecular flexibility index (Phi) is 3.41. The average Bonchev–Trinajstić information content (AvgIpc) is 2.80. The van der Waals surface area contributed by atoms with Crippen LogP contribution in [0.2, 0.25) is 0 Å². The van der Waals surface area contributed by atoms with Gasteiger partial charge in [0.1, 0.15) is 6.54 Å². The summed E-state index contributed by atoms with van der Waals surface area (Å²) in [4.78, 5) is 11.5. The van der Waals surface area contributed by atoms with E-state index in [2.05, 4.69) is 36.4 Å². The monoisotopic (exact) mass is 314 g/mol. The summed E-state index contributed by atoms with van der Waals surface area (Å²) < 4.78 is 2.68. The van der Waals surface area contributed by atoms with Crippen molar-refractivity contribution in [2.24, 2.45) is 0 Å². The number of hydrogen-bond donors (Lipinski definition) is 1. The van der Waals surface area contributed by atoms with Crippen molar-refractivity contribution in [3.05, 3.63) is 21.7 Å². The van der Waals surface area contributed by atoms with E-state index in [4.69, 9.17) is 5.11 Å². The summed E-state index contributed by atoms with van der Waals surface area (Å²) in [5.74, 6) is -0.581. The maximum atomic E-state index is 10.5. The van der Waals surface area contributed by atoms with Crippen LogP contribution in [0.1, 0.15) is 17.2 Å². The van der Waals surface area contributed by atoms with Gasteiger partial charge in [-0.15, -0.1) is 10.2 Å². The molecule has 0 unspecified atom stereocenters. The van der Waals surface area contributed by atoms with Crippen molar-refractivity contribution in [3.63, 3.8) is 0 Å². The van der Waals surface area contributed by atoms with E-state index in [1.807, 2.05) is 13.8 Å². The number of tetrazole rings is 1. The van der Waals surface area contributed by atoms with Crippen LogP contribution in [0, 0.1) is 13.8 Å². The van der Waals surface area contributed by atoms with E-state index in [0.717, 1.165) is 20.7 Å². The fourth-order valence-electron chi connectivity index (χ4n) is 1.49. The number of aryl methyl sites for hydroxylation is 1. The standard InChI is InChI=1S/C9H11BrN6O2/c1-5-9(10)6(2)15(12-5)3-7-11-14-16(13-7)4-8(17)18/h3-4H2,1-2H3,(H,17,18). The van der Waals surface area contributed by atoms with Crippen LogP contribution in [0.3, 0.4) is 0 Å². The van der Waals surface area contributed by atoms with Gasteiger partial charge in [0, 0.05) is 0 Å². The molecule has 2 heterocycles. The molecule has 0 aliphatic rings. The smallest absolute Gasteiger partial charge is 0.327 e. The number of aromatic nitrogens is 6. The Bertz CT molecular complexity index is 590. The van der Waals surface area contributed by atoms with Crippen LogP contribution >= 0.6 is 15.9 Å². The van der Waals surface area contributed by atoms with Crippen molar-refractivity contribution in [2.45, 2.75) is 26.9 Å². The van der Waals surface area contributed by atoms with Crippen molar-refractivity contribution in [1.82, 2.24) is 30.0 Å². The number of carboxylic acids is 1.